The highest BCUT2D eigenvalue weighted by Gasteiger charge is 2.35. The van der Waals surface area contributed by atoms with Gasteiger partial charge in [-0.1, -0.05) is 24.3 Å². The Morgan fingerprint density at radius 1 is 1.00 bits per heavy atom. The molecule has 2 aromatic rings. The molecule has 4 rings (SSSR count). The Kier molecular flexibility index (Phi) is 5.60. The van der Waals surface area contributed by atoms with Crippen molar-refractivity contribution in [1.29, 1.82) is 0 Å². The minimum Gasteiger partial charge on any atom is -0.476 e. The monoisotopic (exact) mass is 394 g/mol. The number of hydrogen-bond donors (Lipinski definition) is 0. The second-order valence-electron chi connectivity index (χ2n) is 7.29. The summed E-state index contributed by atoms with van der Waals surface area (Å²) < 4.78 is 19.0. The summed E-state index contributed by atoms with van der Waals surface area (Å²) in [5.74, 6) is -0.117. The maximum absolute atomic E-state index is 13.1. The zero-order chi connectivity index (χ0) is 20.2. The fraction of sp³-hybridized carbons (Fsp3) is 0.304. The quantitative estimate of drug-likeness (QED) is 0.747. The van der Waals surface area contributed by atoms with Crippen molar-refractivity contribution in [3.8, 4) is 5.75 Å². The molecule has 5 nitrogen and oxygen atoms in total. The van der Waals surface area contributed by atoms with E-state index in [1.54, 1.807) is 35.2 Å². The Bertz CT molecular complexity index is 920. The lowest BCUT2D eigenvalue weighted by Gasteiger charge is -2.37. The van der Waals surface area contributed by atoms with E-state index < -0.39 is 6.10 Å². The molecule has 6 heteroatoms. The lowest BCUT2D eigenvalue weighted by atomic mass is 10.1. The molecule has 2 aliphatic rings. The number of piperidine rings is 1. The van der Waals surface area contributed by atoms with Crippen molar-refractivity contribution in [2.24, 2.45) is 0 Å². The van der Waals surface area contributed by atoms with E-state index in [2.05, 4.69) is 0 Å². The molecule has 1 atom stereocenters. The Morgan fingerprint density at radius 2 is 1.72 bits per heavy atom. The fourth-order valence-electron chi connectivity index (χ4n) is 3.72. The molecular formula is C23H23FN2O3. The van der Waals surface area contributed by atoms with E-state index in [4.69, 9.17) is 4.74 Å². The first-order valence-corrected chi connectivity index (χ1v) is 9.91. The highest BCUT2D eigenvalue weighted by molar-refractivity contribution is 6.05. The van der Waals surface area contributed by atoms with Crippen LogP contribution in [0, 0.1) is 5.82 Å². The molecule has 2 aromatic carbocycles. The van der Waals surface area contributed by atoms with Crippen LogP contribution in [0.5, 0.6) is 5.75 Å². The Hall–Kier alpha value is -3.15. The summed E-state index contributed by atoms with van der Waals surface area (Å²) in [5.41, 5.74) is 1.37. The Labute approximate surface area is 169 Å². The Balaban J connectivity index is 1.55. The number of hydrogen-bond acceptors (Lipinski definition) is 3. The molecule has 1 fully saturated rings. The smallest absolute Gasteiger partial charge is 0.265 e. The third-order valence-corrected chi connectivity index (χ3v) is 5.27. The van der Waals surface area contributed by atoms with Gasteiger partial charge in [0.15, 0.2) is 6.10 Å². The van der Waals surface area contributed by atoms with Crippen molar-refractivity contribution in [2.45, 2.75) is 25.4 Å². The maximum Gasteiger partial charge on any atom is 0.265 e. The first-order valence-electron chi connectivity index (χ1n) is 9.91. The van der Waals surface area contributed by atoms with Gasteiger partial charge in [0.05, 0.1) is 12.2 Å². The van der Waals surface area contributed by atoms with Gasteiger partial charge in [0.25, 0.3) is 11.8 Å². The average Bonchev–Trinajstić information content (AvgIpc) is 2.78. The summed E-state index contributed by atoms with van der Waals surface area (Å²) in [5, 5.41) is 0. The van der Waals surface area contributed by atoms with Crippen molar-refractivity contribution in [3.63, 3.8) is 0 Å². The van der Waals surface area contributed by atoms with Gasteiger partial charge in [-0.25, -0.2) is 4.39 Å². The third-order valence-electron chi connectivity index (χ3n) is 5.27. The number of anilines is 1. The number of carbonyl (C=O) groups excluding carboxylic acids is 2. The second-order valence-corrected chi connectivity index (χ2v) is 7.29. The van der Waals surface area contributed by atoms with Crippen LogP contribution >= 0.6 is 0 Å². The fourth-order valence-corrected chi connectivity index (χ4v) is 3.72. The molecule has 1 saturated heterocycles. The average molecular weight is 394 g/mol. The molecule has 0 saturated carbocycles. The SMILES string of the molecule is O=C(C1CN(C(=O)C=Cc2ccc(F)cc2)c2ccccc2O1)N1CCCCC1. The molecule has 0 aliphatic carbocycles. The standard InChI is InChI=1S/C23H23FN2O3/c24-18-11-8-17(9-12-18)10-13-22(27)26-16-21(23(28)25-14-4-1-5-15-25)29-20-7-3-2-6-19(20)26/h2-3,6-13,21H,1,4-5,14-16H2. The summed E-state index contributed by atoms with van der Waals surface area (Å²) in [4.78, 5) is 29.3. The lowest BCUT2D eigenvalue weighted by Crippen LogP contribution is -2.52. The summed E-state index contributed by atoms with van der Waals surface area (Å²) in [6.45, 7) is 1.64. The van der Waals surface area contributed by atoms with Crippen molar-refractivity contribution < 1.29 is 18.7 Å². The van der Waals surface area contributed by atoms with Crippen molar-refractivity contribution in [2.75, 3.05) is 24.5 Å². The first kappa shape index (κ1) is 19.2. The molecule has 0 spiro atoms. The number of likely N-dealkylation sites (tertiary alicyclic amines) is 1. The van der Waals surface area contributed by atoms with Crippen LogP contribution in [0.1, 0.15) is 24.8 Å². The topological polar surface area (TPSA) is 49.9 Å². The van der Waals surface area contributed by atoms with Crippen LogP contribution in [0.3, 0.4) is 0 Å². The molecular weight excluding hydrogens is 371 g/mol. The van der Waals surface area contributed by atoms with E-state index in [1.165, 1.54) is 18.2 Å². The van der Waals surface area contributed by atoms with E-state index in [1.807, 2.05) is 17.0 Å². The van der Waals surface area contributed by atoms with Crippen LogP contribution in [0.2, 0.25) is 0 Å². The number of nitrogens with zero attached hydrogens (tertiary/aromatic N) is 2. The van der Waals surface area contributed by atoms with Gasteiger partial charge >= 0.3 is 0 Å². The molecule has 2 heterocycles. The lowest BCUT2D eigenvalue weighted by molar-refractivity contribution is -0.139. The molecule has 0 radical (unpaired) electrons. The number of benzene rings is 2. The molecule has 1 unspecified atom stereocenters. The van der Waals surface area contributed by atoms with Crippen LogP contribution < -0.4 is 9.64 Å². The van der Waals surface area contributed by atoms with Gasteiger partial charge in [0, 0.05) is 19.2 Å². The van der Waals surface area contributed by atoms with Gasteiger partial charge < -0.3 is 14.5 Å². The predicted octanol–water partition coefficient (Wildman–Crippen LogP) is 3.65. The molecule has 2 aliphatic heterocycles. The molecule has 0 N–H and O–H groups in total. The summed E-state index contributed by atoms with van der Waals surface area (Å²) in [7, 11) is 0. The van der Waals surface area contributed by atoms with Crippen LogP contribution in [0.15, 0.2) is 54.6 Å². The van der Waals surface area contributed by atoms with Crippen molar-refractivity contribution in [1.82, 2.24) is 4.90 Å². The van der Waals surface area contributed by atoms with Gasteiger partial charge in [-0.2, -0.15) is 0 Å². The highest BCUT2D eigenvalue weighted by atomic mass is 19.1. The minimum atomic E-state index is -0.717. The van der Waals surface area contributed by atoms with E-state index in [9.17, 15) is 14.0 Å². The molecule has 0 bridgehead atoms. The number of para-hydroxylation sites is 2. The number of carbonyl (C=O) groups is 2. The van der Waals surface area contributed by atoms with Crippen molar-refractivity contribution in [3.05, 3.63) is 66.0 Å². The number of rotatable bonds is 3. The minimum absolute atomic E-state index is 0.0699. The van der Waals surface area contributed by atoms with Crippen LogP contribution in [0.4, 0.5) is 10.1 Å². The number of fused-ring (bicyclic) bond motifs is 1. The molecule has 150 valence electrons. The number of ether oxygens (including phenoxy) is 1. The zero-order valence-corrected chi connectivity index (χ0v) is 16.1. The van der Waals surface area contributed by atoms with E-state index in [-0.39, 0.29) is 24.2 Å². The van der Waals surface area contributed by atoms with Crippen LogP contribution in [0.25, 0.3) is 6.08 Å². The number of halogens is 1. The van der Waals surface area contributed by atoms with Gasteiger partial charge in [-0.15, -0.1) is 0 Å². The van der Waals surface area contributed by atoms with Gasteiger partial charge in [-0.05, 0) is 55.2 Å². The Morgan fingerprint density at radius 3 is 2.48 bits per heavy atom. The van der Waals surface area contributed by atoms with Crippen LogP contribution in [-0.4, -0.2) is 42.5 Å². The summed E-state index contributed by atoms with van der Waals surface area (Å²) >= 11 is 0. The maximum atomic E-state index is 13.1. The zero-order valence-electron chi connectivity index (χ0n) is 16.1. The van der Waals surface area contributed by atoms with E-state index in [0.717, 1.165) is 37.9 Å². The second kappa shape index (κ2) is 8.47. The number of amides is 2. The van der Waals surface area contributed by atoms with Crippen LogP contribution in [-0.2, 0) is 9.59 Å². The summed E-state index contributed by atoms with van der Waals surface area (Å²) in [6, 6.07) is 13.1. The molecule has 29 heavy (non-hydrogen) atoms. The highest BCUT2D eigenvalue weighted by Crippen LogP contribution is 2.34. The van der Waals surface area contributed by atoms with Gasteiger partial charge in [0.1, 0.15) is 11.6 Å². The molecule has 2 amide bonds. The third kappa shape index (κ3) is 4.31. The largest absolute Gasteiger partial charge is 0.476 e. The first-order chi connectivity index (χ1) is 14.1. The molecule has 0 aromatic heterocycles. The van der Waals surface area contributed by atoms with Gasteiger partial charge in [0.2, 0.25) is 0 Å². The summed E-state index contributed by atoms with van der Waals surface area (Å²) in [6.07, 6.45) is 5.50. The predicted molar refractivity (Wildman–Crippen MR) is 109 cm³/mol. The normalized spacial score (nSPS) is 19.0. The van der Waals surface area contributed by atoms with E-state index in [0.29, 0.717) is 11.4 Å². The van der Waals surface area contributed by atoms with Crippen molar-refractivity contribution >= 4 is 23.6 Å². The van der Waals surface area contributed by atoms with Gasteiger partial charge in [-0.3, -0.25) is 9.59 Å². The van der Waals surface area contributed by atoms with E-state index >= 15 is 0 Å².